The smallest absolute Gasteiger partial charge is 0.143 e. The third kappa shape index (κ3) is 3.76. The van der Waals surface area contributed by atoms with Crippen molar-refractivity contribution in [2.75, 3.05) is 33.5 Å². The van der Waals surface area contributed by atoms with Crippen LogP contribution < -0.4 is 0 Å². The molecule has 4 heteroatoms. The molecule has 100 valence electrons. The molecule has 0 heterocycles. The highest BCUT2D eigenvalue weighted by Gasteiger charge is 2.50. The lowest BCUT2D eigenvalue weighted by Crippen LogP contribution is -2.53. The molecule has 17 heavy (non-hydrogen) atoms. The maximum absolute atomic E-state index is 11.5. The van der Waals surface area contributed by atoms with Gasteiger partial charge in [-0.25, -0.2) is 0 Å². The molecule has 0 radical (unpaired) electrons. The zero-order chi connectivity index (χ0) is 12.7. The molecule has 0 aliphatic heterocycles. The fraction of sp³-hybridized carbons (Fsp3) is 0.923. The minimum absolute atomic E-state index is 0.110. The standard InChI is InChI=1S/C13H24O4/c1-4-13(2)11(14)10-12(13)17-7-5-6-16-9-8-15-3/h12H,4-10H2,1-3H3. The highest BCUT2D eigenvalue weighted by molar-refractivity contribution is 5.91. The molecule has 0 amide bonds. The lowest BCUT2D eigenvalue weighted by molar-refractivity contribution is -0.161. The molecular formula is C13H24O4. The summed E-state index contributed by atoms with van der Waals surface area (Å²) in [6, 6.07) is 0. The normalized spacial score (nSPS) is 28.2. The number of hydrogen-bond donors (Lipinski definition) is 0. The Bertz CT molecular complexity index is 242. The van der Waals surface area contributed by atoms with Crippen molar-refractivity contribution in [3.05, 3.63) is 0 Å². The minimum atomic E-state index is -0.239. The van der Waals surface area contributed by atoms with E-state index in [-0.39, 0.29) is 11.5 Å². The number of carbonyl (C=O) groups excluding carboxylic acids is 1. The number of rotatable bonds is 9. The molecule has 0 N–H and O–H groups in total. The first-order chi connectivity index (χ1) is 8.15. The zero-order valence-corrected chi connectivity index (χ0v) is 11.2. The Morgan fingerprint density at radius 2 is 2.06 bits per heavy atom. The van der Waals surface area contributed by atoms with Crippen molar-refractivity contribution in [2.24, 2.45) is 5.41 Å². The van der Waals surface area contributed by atoms with Crippen molar-refractivity contribution in [1.29, 1.82) is 0 Å². The van der Waals surface area contributed by atoms with Crippen LogP contribution in [0.2, 0.25) is 0 Å². The molecular weight excluding hydrogens is 220 g/mol. The quantitative estimate of drug-likeness (QED) is 0.580. The summed E-state index contributed by atoms with van der Waals surface area (Å²) in [6.45, 7) is 6.66. The van der Waals surface area contributed by atoms with Crippen molar-refractivity contribution < 1.29 is 19.0 Å². The second kappa shape index (κ2) is 7.09. The van der Waals surface area contributed by atoms with Crippen LogP contribution in [0.25, 0.3) is 0 Å². The van der Waals surface area contributed by atoms with E-state index >= 15 is 0 Å². The van der Waals surface area contributed by atoms with Crippen molar-refractivity contribution in [2.45, 2.75) is 39.2 Å². The van der Waals surface area contributed by atoms with Gasteiger partial charge in [-0.05, 0) is 12.8 Å². The Balaban J connectivity index is 2.02. The molecule has 0 saturated heterocycles. The average Bonchev–Trinajstić information content (AvgIpc) is 2.35. The van der Waals surface area contributed by atoms with Gasteiger partial charge in [-0.3, -0.25) is 4.79 Å². The summed E-state index contributed by atoms with van der Waals surface area (Å²) in [6.07, 6.45) is 2.42. The van der Waals surface area contributed by atoms with Crippen LogP contribution in [0.5, 0.6) is 0 Å². The summed E-state index contributed by atoms with van der Waals surface area (Å²) in [5.41, 5.74) is -0.239. The summed E-state index contributed by atoms with van der Waals surface area (Å²) in [5.74, 6) is 0.335. The first-order valence-electron chi connectivity index (χ1n) is 6.36. The summed E-state index contributed by atoms with van der Waals surface area (Å²) < 4.78 is 15.9. The number of Topliss-reactive ketones (excluding diaryl/α,β-unsaturated/α-hetero) is 1. The lowest BCUT2D eigenvalue weighted by atomic mass is 9.64. The van der Waals surface area contributed by atoms with Gasteiger partial charge in [0.25, 0.3) is 0 Å². The Hall–Kier alpha value is -0.450. The fourth-order valence-electron chi connectivity index (χ4n) is 1.97. The predicted octanol–water partition coefficient (Wildman–Crippen LogP) is 1.81. The third-order valence-electron chi connectivity index (χ3n) is 3.64. The Morgan fingerprint density at radius 1 is 1.29 bits per heavy atom. The van der Waals surface area contributed by atoms with E-state index in [1.54, 1.807) is 7.11 Å². The number of carbonyl (C=O) groups is 1. The number of ketones is 1. The SMILES string of the molecule is CCC1(C)C(=O)CC1OCCCOCCOC. The first kappa shape index (κ1) is 14.6. The minimum Gasteiger partial charge on any atom is -0.382 e. The van der Waals surface area contributed by atoms with Gasteiger partial charge in [-0.15, -0.1) is 0 Å². The monoisotopic (exact) mass is 244 g/mol. The van der Waals surface area contributed by atoms with Crippen molar-refractivity contribution in [1.82, 2.24) is 0 Å². The van der Waals surface area contributed by atoms with Crippen molar-refractivity contribution >= 4 is 5.78 Å². The van der Waals surface area contributed by atoms with Gasteiger partial charge in [-0.1, -0.05) is 13.8 Å². The van der Waals surface area contributed by atoms with Crippen LogP contribution in [0.3, 0.4) is 0 Å². The summed E-state index contributed by atoms with van der Waals surface area (Å²) in [4.78, 5) is 11.5. The van der Waals surface area contributed by atoms with Crippen molar-refractivity contribution in [3.8, 4) is 0 Å². The molecule has 1 rings (SSSR count). The van der Waals surface area contributed by atoms with Crippen LogP contribution in [0.1, 0.15) is 33.1 Å². The molecule has 0 bridgehead atoms. The first-order valence-corrected chi connectivity index (χ1v) is 6.36. The van der Waals surface area contributed by atoms with Crippen LogP contribution in [0, 0.1) is 5.41 Å². The van der Waals surface area contributed by atoms with E-state index in [1.165, 1.54) is 0 Å². The largest absolute Gasteiger partial charge is 0.382 e. The van der Waals surface area contributed by atoms with Crippen LogP contribution in [-0.4, -0.2) is 45.4 Å². The molecule has 1 fully saturated rings. The van der Waals surface area contributed by atoms with Crippen molar-refractivity contribution in [3.63, 3.8) is 0 Å². The Morgan fingerprint density at radius 3 is 2.65 bits per heavy atom. The molecule has 0 aromatic rings. The predicted molar refractivity (Wildman–Crippen MR) is 65.1 cm³/mol. The van der Waals surface area contributed by atoms with E-state index in [1.807, 2.05) is 13.8 Å². The molecule has 0 aromatic heterocycles. The third-order valence-corrected chi connectivity index (χ3v) is 3.64. The number of methoxy groups -OCH3 is 1. The summed E-state index contributed by atoms with van der Waals surface area (Å²) >= 11 is 0. The maximum atomic E-state index is 11.5. The molecule has 4 nitrogen and oxygen atoms in total. The van der Waals surface area contributed by atoms with Crippen LogP contribution in [0.15, 0.2) is 0 Å². The molecule has 1 aliphatic carbocycles. The van der Waals surface area contributed by atoms with Gasteiger partial charge < -0.3 is 14.2 Å². The Labute approximate surface area is 104 Å². The van der Waals surface area contributed by atoms with Gasteiger partial charge in [0, 0.05) is 26.7 Å². The molecule has 1 aliphatic rings. The van der Waals surface area contributed by atoms with Gasteiger partial charge >= 0.3 is 0 Å². The molecule has 2 unspecified atom stereocenters. The van der Waals surface area contributed by atoms with Gasteiger partial charge in [0.1, 0.15) is 5.78 Å². The second-order valence-corrected chi connectivity index (χ2v) is 4.72. The highest BCUT2D eigenvalue weighted by atomic mass is 16.5. The number of ether oxygens (including phenoxy) is 3. The Kier molecular flexibility index (Phi) is 6.09. The highest BCUT2D eigenvalue weighted by Crippen LogP contribution is 2.42. The lowest BCUT2D eigenvalue weighted by Gasteiger charge is -2.44. The van der Waals surface area contributed by atoms with Gasteiger partial charge in [0.2, 0.25) is 0 Å². The average molecular weight is 244 g/mol. The summed E-state index contributed by atoms with van der Waals surface area (Å²) in [5, 5.41) is 0. The van der Waals surface area contributed by atoms with Crippen LogP contribution in [-0.2, 0) is 19.0 Å². The van der Waals surface area contributed by atoms with E-state index in [9.17, 15) is 4.79 Å². The second-order valence-electron chi connectivity index (χ2n) is 4.72. The zero-order valence-electron chi connectivity index (χ0n) is 11.2. The fourth-order valence-corrected chi connectivity index (χ4v) is 1.97. The van der Waals surface area contributed by atoms with Gasteiger partial charge in [-0.2, -0.15) is 0 Å². The molecule has 1 saturated carbocycles. The van der Waals surface area contributed by atoms with Crippen LogP contribution >= 0.6 is 0 Å². The van der Waals surface area contributed by atoms with E-state index in [4.69, 9.17) is 14.2 Å². The van der Waals surface area contributed by atoms with E-state index in [0.717, 1.165) is 12.8 Å². The maximum Gasteiger partial charge on any atom is 0.143 e. The van der Waals surface area contributed by atoms with E-state index in [2.05, 4.69) is 0 Å². The van der Waals surface area contributed by atoms with Gasteiger partial charge in [0.05, 0.1) is 24.7 Å². The van der Waals surface area contributed by atoms with E-state index in [0.29, 0.717) is 38.6 Å². The molecule has 0 spiro atoms. The topological polar surface area (TPSA) is 44.8 Å². The molecule has 0 aromatic carbocycles. The van der Waals surface area contributed by atoms with Crippen LogP contribution in [0.4, 0.5) is 0 Å². The molecule has 2 atom stereocenters. The van der Waals surface area contributed by atoms with E-state index < -0.39 is 0 Å². The number of hydrogen-bond acceptors (Lipinski definition) is 4. The summed E-state index contributed by atoms with van der Waals surface area (Å²) in [7, 11) is 1.66. The van der Waals surface area contributed by atoms with Gasteiger partial charge in [0.15, 0.2) is 0 Å².